The van der Waals surface area contributed by atoms with E-state index in [9.17, 15) is 14.4 Å². The number of carboxylic acids is 1. The summed E-state index contributed by atoms with van der Waals surface area (Å²) >= 11 is 0. The molecule has 1 aliphatic heterocycles. The summed E-state index contributed by atoms with van der Waals surface area (Å²) in [5.41, 5.74) is 5.20. The Morgan fingerprint density at radius 3 is 2.53 bits per heavy atom. The SMILES string of the molecule is CC(C)C(NC(=O)N1CCOCC1C(=O)O)C(N)=O. The highest BCUT2D eigenvalue weighted by Gasteiger charge is 2.34. The lowest BCUT2D eigenvalue weighted by atomic mass is 10.0. The second-order valence-corrected chi connectivity index (χ2v) is 4.70. The molecule has 1 fully saturated rings. The number of carboxylic acid groups (broad SMARTS) is 1. The van der Waals surface area contributed by atoms with Crippen LogP contribution >= 0.6 is 0 Å². The number of ether oxygens (including phenoxy) is 1. The molecule has 2 unspecified atom stereocenters. The molecule has 19 heavy (non-hydrogen) atoms. The molecule has 108 valence electrons. The van der Waals surface area contributed by atoms with Crippen LogP contribution in [0.4, 0.5) is 4.79 Å². The summed E-state index contributed by atoms with van der Waals surface area (Å²) < 4.78 is 5.03. The van der Waals surface area contributed by atoms with Crippen LogP contribution in [0.15, 0.2) is 0 Å². The highest BCUT2D eigenvalue weighted by atomic mass is 16.5. The molecule has 0 saturated carbocycles. The van der Waals surface area contributed by atoms with E-state index in [-0.39, 0.29) is 25.7 Å². The normalized spacial score (nSPS) is 21.0. The molecule has 1 heterocycles. The van der Waals surface area contributed by atoms with Crippen LogP contribution in [-0.4, -0.2) is 59.8 Å². The van der Waals surface area contributed by atoms with E-state index >= 15 is 0 Å². The summed E-state index contributed by atoms with van der Waals surface area (Å²) in [5.74, 6) is -1.97. The molecular formula is C11H19N3O5. The maximum atomic E-state index is 12.0. The van der Waals surface area contributed by atoms with Crippen molar-refractivity contribution in [1.82, 2.24) is 10.2 Å². The maximum absolute atomic E-state index is 12.0. The Balaban J connectivity index is 2.74. The minimum Gasteiger partial charge on any atom is -0.480 e. The summed E-state index contributed by atoms with van der Waals surface area (Å²) in [6, 6.07) is -2.49. The van der Waals surface area contributed by atoms with Gasteiger partial charge < -0.3 is 25.8 Å². The van der Waals surface area contributed by atoms with E-state index < -0.39 is 30.0 Å². The maximum Gasteiger partial charge on any atom is 0.328 e. The molecule has 0 aromatic heterocycles. The fraction of sp³-hybridized carbons (Fsp3) is 0.727. The number of hydrogen-bond acceptors (Lipinski definition) is 4. The third kappa shape index (κ3) is 3.82. The number of aliphatic carboxylic acids is 1. The number of rotatable bonds is 4. The van der Waals surface area contributed by atoms with Crippen LogP contribution in [0.1, 0.15) is 13.8 Å². The van der Waals surface area contributed by atoms with E-state index in [1.54, 1.807) is 13.8 Å². The standard InChI is InChI=1S/C11H19N3O5/c1-6(2)8(9(12)15)13-11(18)14-3-4-19-5-7(14)10(16)17/h6-8H,3-5H2,1-2H3,(H2,12,15)(H,13,18)(H,16,17). The summed E-state index contributed by atoms with van der Waals surface area (Å²) in [5, 5.41) is 11.5. The van der Waals surface area contributed by atoms with Crippen molar-refractivity contribution in [1.29, 1.82) is 0 Å². The molecule has 0 radical (unpaired) electrons. The van der Waals surface area contributed by atoms with Crippen molar-refractivity contribution in [3.63, 3.8) is 0 Å². The Morgan fingerprint density at radius 2 is 2.05 bits per heavy atom. The first-order valence-corrected chi connectivity index (χ1v) is 6.01. The first kappa shape index (κ1) is 15.2. The lowest BCUT2D eigenvalue weighted by Gasteiger charge is -2.34. The molecule has 8 heteroatoms. The Labute approximate surface area is 110 Å². The molecule has 0 spiro atoms. The quantitative estimate of drug-likeness (QED) is 0.606. The van der Waals surface area contributed by atoms with Gasteiger partial charge in [-0.05, 0) is 5.92 Å². The van der Waals surface area contributed by atoms with Gasteiger partial charge in [-0.15, -0.1) is 0 Å². The molecule has 0 bridgehead atoms. The first-order valence-electron chi connectivity index (χ1n) is 6.01. The monoisotopic (exact) mass is 273 g/mol. The minimum atomic E-state index is -1.14. The summed E-state index contributed by atoms with van der Waals surface area (Å²) in [6.45, 7) is 3.84. The van der Waals surface area contributed by atoms with Gasteiger partial charge in [0.15, 0.2) is 6.04 Å². The van der Waals surface area contributed by atoms with Crippen molar-refractivity contribution in [2.75, 3.05) is 19.8 Å². The summed E-state index contributed by atoms with van der Waals surface area (Å²) in [4.78, 5) is 35.4. The average Bonchev–Trinajstić information content (AvgIpc) is 2.34. The van der Waals surface area contributed by atoms with Gasteiger partial charge >= 0.3 is 12.0 Å². The first-order chi connectivity index (χ1) is 8.84. The number of primary amides is 1. The van der Waals surface area contributed by atoms with E-state index in [0.717, 1.165) is 4.90 Å². The molecule has 1 rings (SSSR count). The number of hydrogen-bond donors (Lipinski definition) is 3. The van der Waals surface area contributed by atoms with Gasteiger partial charge in [0.2, 0.25) is 5.91 Å². The van der Waals surface area contributed by atoms with Gasteiger partial charge in [-0.1, -0.05) is 13.8 Å². The van der Waals surface area contributed by atoms with Crippen LogP contribution in [0.3, 0.4) is 0 Å². The van der Waals surface area contributed by atoms with Crippen LogP contribution in [0.2, 0.25) is 0 Å². The van der Waals surface area contributed by atoms with Crippen LogP contribution < -0.4 is 11.1 Å². The Kier molecular flexibility index (Phi) is 5.11. The van der Waals surface area contributed by atoms with E-state index in [4.69, 9.17) is 15.6 Å². The third-order valence-electron chi connectivity index (χ3n) is 2.93. The van der Waals surface area contributed by atoms with Gasteiger partial charge in [0.1, 0.15) is 6.04 Å². The van der Waals surface area contributed by atoms with Crippen molar-refractivity contribution in [2.24, 2.45) is 11.7 Å². The molecule has 0 aromatic rings. The van der Waals surface area contributed by atoms with Crippen LogP contribution in [0.25, 0.3) is 0 Å². The van der Waals surface area contributed by atoms with Crippen LogP contribution in [0.5, 0.6) is 0 Å². The van der Waals surface area contributed by atoms with Gasteiger partial charge in [-0.3, -0.25) is 4.79 Å². The van der Waals surface area contributed by atoms with Crippen molar-refractivity contribution in [3.8, 4) is 0 Å². The van der Waals surface area contributed by atoms with E-state index in [1.165, 1.54) is 0 Å². The Morgan fingerprint density at radius 1 is 1.42 bits per heavy atom. The van der Waals surface area contributed by atoms with Gasteiger partial charge in [-0.2, -0.15) is 0 Å². The predicted octanol–water partition coefficient (Wildman–Crippen LogP) is -1.01. The molecule has 3 amide bonds. The number of nitrogens with zero attached hydrogens (tertiary/aromatic N) is 1. The Bertz CT molecular complexity index is 371. The lowest BCUT2D eigenvalue weighted by molar-refractivity contribution is -0.147. The van der Waals surface area contributed by atoms with Crippen molar-refractivity contribution < 1.29 is 24.2 Å². The Hall–Kier alpha value is -1.83. The largest absolute Gasteiger partial charge is 0.480 e. The molecule has 0 aromatic carbocycles. The van der Waals surface area contributed by atoms with E-state index in [2.05, 4.69) is 5.32 Å². The number of amides is 3. The van der Waals surface area contributed by atoms with Crippen molar-refractivity contribution in [3.05, 3.63) is 0 Å². The summed E-state index contributed by atoms with van der Waals surface area (Å²) in [6.07, 6.45) is 0. The van der Waals surface area contributed by atoms with Crippen molar-refractivity contribution in [2.45, 2.75) is 25.9 Å². The zero-order valence-corrected chi connectivity index (χ0v) is 11.0. The van der Waals surface area contributed by atoms with Crippen LogP contribution in [-0.2, 0) is 14.3 Å². The lowest BCUT2D eigenvalue weighted by Crippen LogP contribution is -2.59. The molecule has 2 atom stereocenters. The smallest absolute Gasteiger partial charge is 0.328 e. The zero-order chi connectivity index (χ0) is 14.6. The number of morpholine rings is 1. The van der Waals surface area contributed by atoms with E-state index in [0.29, 0.717) is 0 Å². The molecule has 8 nitrogen and oxygen atoms in total. The van der Waals surface area contributed by atoms with Gasteiger partial charge in [0, 0.05) is 6.54 Å². The van der Waals surface area contributed by atoms with Gasteiger partial charge in [0.05, 0.1) is 13.2 Å². The fourth-order valence-electron chi connectivity index (χ4n) is 1.83. The fourth-order valence-corrected chi connectivity index (χ4v) is 1.83. The molecular weight excluding hydrogens is 254 g/mol. The molecule has 0 aliphatic carbocycles. The molecule has 1 saturated heterocycles. The summed E-state index contributed by atoms with van der Waals surface area (Å²) in [7, 11) is 0. The minimum absolute atomic E-state index is 0.0638. The number of nitrogens with one attached hydrogen (secondary N) is 1. The number of carbonyl (C=O) groups is 3. The number of nitrogens with two attached hydrogens (primary N) is 1. The predicted molar refractivity (Wildman–Crippen MR) is 65.3 cm³/mol. The zero-order valence-electron chi connectivity index (χ0n) is 11.0. The number of carbonyl (C=O) groups excluding carboxylic acids is 2. The van der Waals surface area contributed by atoms with Crippen molar-refractivity contribution >= 4 is 17.9 Å². The molecule has 4 N–H and O–H groups in total. The number of urea groups is 1. The molecule has 1 aliphatic rings. The second-order valence-electron chi connectivity index (χ2n) is 4.70. The third-order valence-corrected chi connectivity index (χ3v) is 2.93. The highest BCUT2D eigenvalue weighted by molar-refractivity contribution is 5.88. The topological polar surface area (TPSA) is 122 Å². The van der Waals surface area contributed by atoms with Gasteiger partial charge in [0.25, 0.3) is 0 Å². The van der Waals surface area contributed by atoms with Crippen LogP contribution in [0, 0.1) is 5.92 Å². The highest BCUT2D eigenvalue weighted by Crippen LogP contribution is 2.09. The van der Waals surface area contributed by atoms with E-state index in [1.807, 2.05) is 0 Å². The average molecular weight is 273 g/mol. The second kappa shape index (κ2) is 6.37. The van der Waals surface area contributed by atoms with Gasteiger partial charge in [-0.25, -0.2) is 9.59 Å².